The number of hydrogen-bond donors (Lipinski definition) is 4. The number of hydrogen-bond acceptors (Lipinski definition) is 5. The van der Waals surface area contributed by atoms with Crippen molar-refractivity contribution in [3.8, 4) is 11.5 Å². The predicted octanol–water partition coefficient (Wildman–Crippen LogP) is 3.03. The number of carbonyl (C=O) groups excluding carboxylic acids is 1. The van der Waals surface area contributed by atoms with Gasteiger partial charge in [-0.15, -0.1) is 0 Å². The standard InChI is InChI=1S/C25H31N3O3/c1-17-14-21(29)12-11-19(17)15-23(27)25(30)28-20(8-5-13-26)16-31-24-10-4-7-18-6-2-3-9-22(18)24/h2-4,6-7,9-12,14,20,23,29H,5,8,13,15-16,26-27H2,1H3,(H,28,30)/t20-,23-/m0/s1. The van der Waals surface area contributed by atoms with Gasteiger partial charge in [-0.05, 0) is 67.4 Å². The van der Waals surface area contributed by atoms with E-state index < -0.39 is 6.04 Å². The van der Waals surface area contributed by atoms with Gasteiger partial charge in [-0.3, -0.25) is 4.79 Å². The van der Waals surface area contributed by atoms with Crippen LogP contribution in [0.5, 0.6) is 11.5 Å². The highest BCUT2D eigenvalue weighted by atomic mass is 16.5. The Kier molecular flexibility index (Phi) is 7.87. The molecule has 0 spiro atoms. The first-order valence-corrected chi connectivity index (χ1v) is 10.6. The van der Waals surface area contributed by atoms with Gasteiger partial charge in [0.25, 0.3) is 0 Å². The monoisotopic (exact) mass is 421 g/mol. The molecule has 3 rings (SSSR count). The van der Waals surface area contributed by atoms with E-state index in [1.807, 2.05) is 49.4 Å². The van der Waals surface area contributed by atoms with Gasteiger partial charge >= 0.3 is 0 Å². The number of rotatable bonds is 10. The van der Waals surface area contributed by atoms with Crippen molar-refractivity contribution in [2.75, 3.05) is 13.2 Å². The van der Waals surface area contributed by atoms with Crippen LogP contribution in [-0.4, -0.2) is 36.2 Å². The van der Waals surface area contributed by atoms with Crippen LogP contribution in [0, 0.1) is 6.92 Å². The maximum absolute atomic E-state index is 12.8. The summed E-state index contributed by atoms with van der Waals surface area (Å²) < 4.78 is 6.09. The van der Waals surface area contributed by atoms with Gasteiger partial charge in [0.05, 0.1) is 12.1 Å². The van der Waals surface area contributed by atoms with Gasteiger partial charge in [0.2, 0.25) is 5.91 Å². The number of carbonyl (C=O) groups is 1. The summed E-state index contributed by atoms with van der Waals surface area (Å²) in [5.41, 5.74) is 13.7. The molecule has 0 bridgehead atoms. The van der Waals surface area contributed by atoms with Crippen molar-refractivity contribution in [1.29, 1.82) is 0 Å². The second-order valence-electron chi connectivity index (χ2n) is 7.85. The lowest BCUT2D eigenvalue weighted by Gasteiger charge is -2.22. The second-order valence-corrected chi connectivity index (χ2v) is 7.85. The molecule has 0 aliphatic carbocycles. The van der Waals surface area contributed by atoms with Crippen LogP contribution in [-0.2, 0) is 11.2 Å². The summed E-state index contributed by atoms with van der Waals surface area (Å²) in [6.45, 7) is 2.77. The highest BCUT2D eigenvalue weighted by molar-refractivity contribution is 5.88. The van der Waals surface area contributed by atoms with Crippen molar-refractivity contribution >= 4 is 16.7 Å². The lowest BCUT2D eigenvalue weighted by molar-refractivity contribution is -0.123. The van der Waals surface area contributed by atoms with E-state index in [0.717, 1.165) is 34.1 Å². The van der Waals surface area contributed by atoms with Crippen molar-refractivity contribution in [1.82, 2.24) is 5.32 Å². The Bertz CT molecular complexity index is 1020. The number of ether oxygens (including phenoxy) is 1. The molecule has 164 valence electrons. The van der Waals surface area contributed by atoms with Crippen molar-refractivity contribution in [2.45, 2.75) is 38.3 Å². The molecule has 3 aromatic rings. The van der Waals surface area contributed by atoms with E-state index in [-0.39, 0.29) is 17.7 Å². The second kappa shape index (κ2) is 10.8. The van der Waals surface area contributed by atoms with Gasteiger partial charge in [0.15, 0.2) is 0 Å². The summed E-state index contributed by atoms with van der Waals surface area (Å²) in [5, 5.41) is 14.7. The van der Waals surface area contributed by atoms with E-state index in [1.54, 1.807) is 18.2 Å². The normalized spacial score (nSPS) is 13.0. The number of phenolic OH excluding ortho intramolecular Hbond substituents is 1. The molecular weight excluding hydrogens is 390 g/mol. The Balaban J connectivity index is 1.63. The van der Waals surface area contributed by atoms with Crippen LogP contribution >= 0.6 is 0 Å². The number of fused-ring (bicyclic) bond motifs is 1. The van der Waals surface area contributed by atoms with E-state index in [4.69, 9.17) is 16.2 Å². The molecule has 6 nitrogen and oxygen atoms in total. The zero-order chi connectivity index (χ0) is 22.2. The number of aryl methyl sites for hydroxylation is 1. The van der Waals surface area contributed by atoms with Crippen molar-refractivity contribution in [3.05, 3.63) is 71.8 Å². The number of nitrogens with one attached hydrogen (secondary N) is 1. The van der Waals surface area contributed by atoms with Gasteiger partial charge in [0.1, 0.15) is 18.1 Å². The maximum Gasteiger partial charge on any atom is 0.237 e. The Labute approximate surface area is 183 Å². The lowest BCUT2D eigenvalue weighted by Crippen LogP contribution is -2.48. The smallest absolute Gasteiger partial charge is 0.237 e. The predicted molar refractivity (Wildman–Crippen MR) is 124 cm³/mol. The molecule has 0 radical (unpaired) electrons. The Morgan fingerprint density at radius 1 is 1.13 bits per heavy atom. The highest BCUT2D eigenvalue weighted by Crippen LogP contribution is 2.25. The summed E-state index contributed by atoms with van der Waals surface area (Å²) in [6.07, 6.45) is 1.87. The molecule has 0 saturated carbocycles. The molecule has 0 aliphatic rings. The van der Waals surface area contributed by atoms with Gasteiger partial charge in [-0.2, -0.15) is 0 Å². The Morgan fingerprint density at radius 2 is 1.90 bits per heavy atom. The van der Waals surface area contributed by atoms with E-state index in [9.17, 15) is 9.90 Å². The first-order chi connectivity index (χ1) is 15.0. The Morgan fingerprint density at radius 3 is 2.68 bits per heavy atom. The SMILES string of the molecule is Cc1cc(O)ccc1C[C@H](N)C(=O)N[C@@H](CCCN)COc1cccc2ccccc12. The number of aromatic hydroxyl groups is 1. The van der Waals surface area contributed by atoms with Crippen LogP contribution < -0.4 is 21.5 Å². The molecule has 0 aromatic heterocycles. The van der Waals surface area contributed by atoms with E-state index in [0.29, 0.717) is 26.0 Å². The van der Waals surface area contributed by atoms with E-state index in [2.05, 4.69) is 5.32 Å². The van der Waals surface area contributed by atoms with Crippen LogP contribution in [0.4, 0.5) is 0 Å². The molecule has 1 amide bonds. The van der Waals surface area contributed by atoms with Crippen LogP contribution in [0.15, 0.2) is 60.7 Å². The fourth-order valence-corrected chi connectivity index (χ4v) is 3.62. The zero-order valence-electron chi connectivity index (χ0n) is 17.9. The van der Waals surface area contributed by atoms with Crippen LogP contribution in [0.2, 0.25) is 0 Å². The third kappa shape index (κ3) is 6.20. The molecule has 3 aromatic carbocycles. The van der Waals surface area contributed by atoms with E-state index in [1.165, 1.54) is 0 Å². The van der Waals surface area contributed by atoms with Crippen LogP contribution in [0.25, 0.3) is 10.8 Å². The summed E-state index contributed by atoms with van der Waals surface area (Å²) >= 11 is 0. The van der Waals surface area contributed by atoms with E-state index >= 15 is 0 Å². The number of phenols is 1. The van der Waals surface area contributed by atoms with Crippen molar-refractivity contribution in [3.63, 3.8) is 0 Å². The first-order valence-electron chi connectivity index (χ1n) is 10.6. The molecule has 0 heterocycles. The molecular formula is C25H31N3O3. The zero-order valence-corrected chi connectivity index (χ0v) is 17.9. The summed E-state index contributed by atoms with van der Waals surface area (Å²) in [6, 6.07) is 18.2. The first kappa shape index (κ1) is 22.6. The minimum absolute atomic E-state index is 0.193. The summed E-state index contributed by atoms with van der Waals surface area (Å²) in [7, 11) is 0. The minimum Gasteiger partial charge on any atom is -0.508 e. The van der Waals surface area contributed by atoms with Crippen LogP contribution in [0.1, 0.15) is 24.0 Å². The van der Waals surface area contributed by atoms with Gasteiger partial charge in [-0.25, -0.2) is 0 Å². The topological polar surface area (TPSA) is 111 Å². The third-order valence-corrected chi connectivity index (χ3v) is 5.40. The number of nitrogens with two attached hydrogens (primary N) is 2. The largest absolute Gasteiger partial charge is 0.508 e. The fraction of sp³-hybridized carbons (Fsp3) is 0.320. The minimum atomic E-state index is -0.693. The molecule has 0 fully saturated rings. The molecule has 0 saturated heterocycles. The van der Waals surface area contributed by atoms with Crippen LogP contribution in [0.3, 0.4) is 0 Å². The average molecular weight is 422 g/mol. The molecule has 6 heteroatoms. The lowest BCUT2D eigenvalue weighted by atomic mass is 10.0. The maximum atomic E-state index is 12.8. The van der Waals surface area contributed by atoms with Gasteiger partial charge < -0.3 is 26.6 Å². The molecule has 0 unspecified atom stereocenters. The van der Waals surface area contributed by atoms with Gasteiger partial charge in [0, 0.05) is 5.39 Å². The summed E-state index contributed by atoms with van der Waals surface area (Å²) in [4.78, 5) is 12.8. The molecule has 6 N–H and O–H groups in total. The third-order valence-electron chi connectivity index (χ3n) is 5.40. The number of benzene rings is 3. The molecule has 2 atom stereocenters. The molecule has 0 aliphatic heterocycles. The Hall–Kier alpha value is -3.09. The average Bonchev–Trinajstić information content (AvgIpc) is 2.77. The number of amides is 1. The highest BCUT2D eigenvalue weighted by Gasteiger charge is 2.20. The summed E-state index contributed by atoms with van der Waals surface area (Å²) in [5.74, 6) is 0.761. The van der Waals surface area contributed by atoms with Crippen molar-refractivity contribution in [2.24, 2.45) is 11.5 Å². The van der Waals surface area contributed by atoms with Gasteiger partial charge in [-0.1, -0.05) is 42.5 Å². The molecule has 31 heavy (non-hydrogen) atoms. The quantitative estimate of drug-likeness (QED) is 0.402. The van der Waals surface area contributed by atoms with Crippen molar-refractivity contribution < 1.29 is 14.6 Å². The fourth-order valence-electron chi connectivity index (χ4n) is 3.62.